The number of hydrogen-bond acceptors (Lipinski definition) is 25. The Kier molecular flexibility index (Phi) is 141. The largest absolute Gasteiger partial charge is 1.00 e. The quantitative estimate of drug-likeness (QED) is 0.0179. The molecule has 0 bridgehead atoms. The molecular formula is C112H204Li4O25-2. The molecular weight excluding hydrogens is 1770 g/mol. The van der Waals surface area contributed by atoms with Crippen molar-refractivity contribution in [3.05, 3.63) is 0 Å². The first-order valence-corrected chi connectivity index (χ1v) is 56.0. The Morgan fingerprint density at radius 3 is 0.745 bits per heavy atom. The number of carboxylic acid groups (broad SMARTS) is 1. The molecule has 0 saturated carbocycles. The van der Waals surface area contributed by atoms with Crippen LogP contribution in [0.4, 0.5) is 0 Å². The molecule has 29 heteroatoms. The van der Waals surface area contributed by atoms with Gasteiger partial charge in [0.25, 0.3) is 0 Å². The summed E-state index contributed by atoms with van der Waals surface area (Å²) in [6.07, 6.45) is 92.4. The molecule has 2 fully saturated rings. The van der Waals surface area contributed by atoms with Crippen molar-refractivity contribution >= 4 is 72.3 Å². The second-order valence-electron chi connectivity index (χ2n) is 38.2. The Balaban J connectivity index is -0.000000278. The molecule has 808 valence electrons. The normalized spacial score (nSPS) is 15.6. The maximum Gasteiger partial charge on any atom is 1.00 e. The van der Waals surface area contributed by atoms with Crippen LogP contribution < -0.4 is 80.5 Å². The van der Waals surface area contributed by atoms with Crippen LogP contribution in [0, 0.1) is 0 Å². The van der Waals surface area contributed by atoms with Gasteiger partial charge in [0.15, 0.2) is 18.3 Å². The standard InChI is InChI=1S/C51H90O12.C39H72O6.C18H33O3.C4H7O.4Li.3H2O/c1-3-5-35-50(56)62-44(40-58-46(52)34-4-2)41-59-47(53)36-30-26-22-18-14-10-6-7-11-15-19-23-27-31-37-48(54)60-42-45-43-61-49(55)38-32-28-24-20-16-12-8-9-13-17-21-25-29-33-39-51(57)63-45;1-2-3-4-5-6-7-8-9-10-13-16-19-22-25-28-31-37(40)43-34-36-35-44-38(41)32-29-26-23-20-17-14-11-12-15-18-21-24-27-30-33-39(42)45-36;19-17-15-13-11-9-7-5-3-1-2-4-6-8-10-12-14-16-18(20)21;1-2-3-4-5;;;;;;;/h44-45H,3-43H2,1-2H3;36H,2-35H2,1H3;1-16H2,(H,20,21);2-3H2,1H3;;;;;3*1H2/q;;2*-1;4*+1;;;/p-4. The molecule has 3 unspecified atom stereocenters. The molecule has 0 aliphatic carbocycles. The van der Waals surface area contributed by atoms with E-state index in [4.69, 9.17) is 42.6 Å². The third kappa shape index (κ3) is 127. The number of carboxylic acids is 1. The Morgan fingerprint density at radius 1 is 0.270 bits per heavy atom. The summed E-state index contributed by atoms with van der Waals surface area (Å²) >= 11 is 0. The number of carbonyl (C=O) groups excluding carboxylic acids is 12. The number of ether oxygens (including phenoxy) is 9. The summed E-state index contributed by atoms with van der Waals surface area (Å²) in [7, 11) is 0. The van der Waals surface area contributed by atoms with Crippen LogP contribution in [0.25, 0.3) is 0 Å². The van der Waals surface area contributed by atoms with E-state index in [1.165, 1.54) is 283 Å². The minimum absolute atomic E-state index is 0. The van der Waals surface area contributed by atoms with Crippen molar-refractivity contribution in [2.24, 2.45) is 0 Å². The second-order valence-corrected chi connectivity index (χ2v) is 38.2. The molecule has 2 saturated heterocycles. The summed E-state index contributed by atoms with van der Waals surface area (Å²) in [6, 6.07) is 0. The molecule has 25 nitrogen and oxygen atoms in total. The molecule has 141 heavy (non-hydrogen) atoms. The number of unbranched alkanes of at least 4 members (excludes halogenated alkanes) is 43. The number of carbonyl (C=O) groups is 10. The number of aliphatic carboxylic acids is 1. The van der Waals surface area contributed by atoms with Crippen molar-refractivity contribution in [3.63, 3.8) is 0 Å². The first-order valence-electron chi connectivity index (χ1n) is 56.0. The second kappa shape index (κ2) is 129. The van der Waals surface area contributed by atoms with Crippen molar-refractivity contribution in [2.45, 2.75) is 605 Å². The average molecular weight is 1980 g/mol. The molecule has 2 aliphatic heterocycles. The fourth-order valence-electron chi connectivity index (χ4n) is 16.5. The summed E-state index contributed by atoms with van der Waals surface area (Å²) in [5.41, 5.74) is 0. The van der Waals surface area contributed by atoms with Gasteiger partial charge in [-0.15, -0.1) is 0 Å². The van der Waals surface area contributed by atoms with Gasteiger partial charge in [-0.1, -0.05) is 445 Å². The van der Waals surface area contributed by atoms with Crippen molar-refractivity contribution < 1.29 is 197 Å². The third-order valence-electron chi connectivity index (χ3n) is 24.9. The smallest absolute Gasteiger partial charge is 0.870 e. The fraction of sp³-hybridized carbons (Fsp3) is 0.893. The summed E-state index contributed by atoms with van der Waals surface area (Å²) in [4.78, 5) is 140. The van der Waals surface area contributed by atoms with Gasteiger partial charge < -0.3 is 78.6 Å². The Bertz CT molecular complexity index is 2720. The molecule has 3 atom stereocenters. The number of esters is 9. The van der Waals surface area contributed by atoms with Crippen LogP contribution in [-0.4, -0.2) is 147 Å². The van der Waals surface area contributed by atoms with E-state index in [-0.39, 0.29) is 204 Å². The zero-order chi connectivity index (χ0) is 98.0. The van der Waals surface area contributed by atoms with Gasteiger partial charge in [0, 0.05) is 63.8 Å². The molecule has 2 rings (SSSR count). The van der Waals surface area contributed by atoms with Crippen LogP contribution in [0.1, 0.15) is 586 Å². The molecule has 0 amide bonds. The molecule has 0 aromatic heterocycles. The Labute approximate surface area is 907 Å². The number of hydrogen-bond donors (Lipinski definition) is 0. The Morgan fingerprint density at radius 2 is 0.496 bits per heavy atom. The molecule has 2 heterocycles. The fourth-order valence-corrected chi connectivity index (χ4v) is 16.5. The zero-order valence-electron chi connectivity index (χ0n) is 91.8. The average Bonchev–Trinajstić information content (AvgIpc) is 0.950. The van der Waals surface area contributed by atoms with Crippen molar-refractivity contribution in [1.29, 1.82) is 0 Å². The van der Waals surface area contributed by atoms with Crippen LogP contribution in [0.5, 0.6) is 0 Å². The van der Waals surface area contributed by atoms with E-state index < -0.39 is 24.3 Å². The van der Waals surface area contributed by atoms with E-state index in [2.05, 4.69) is 6.92 Å². The van der Waals surface area contributed by atoms with Gasteiger partial charge in [0.2, 0.25) is 0 Å². The van der Waals surface area contributed by atoms with Crippen molar-refractivity contribution in [3.8, 4) is 0 Å². The minimum Gasteiger partial charge on any atom is -0.870 e. The summed E-state index contributed by atoms with van der Waals surface area (Å²) in [5, 5.41) is 10.2. The maximum atomic E-state index is 12.6. The summed E-state index contributed by atoms with van der Waals surface area (Å²) < 4.78 is 49.0. The predicted octanol–water partition coefficient (Wildman–Crippen LogP) is 16.4. The first-order chi connectivity index (χ1) is 65.5. The first kappa shape index (κ1) is 155. The van der Waals surface area contributed by atoms with E-state index in [1.807, 2.05) is 27.1 Å². The van der Waals surface area contributed by atoms with Gasteiger partial charge >= 0.3 is 129 Å². The van der Waals surface area contributed by atoms with Crippen LogP contribution in [0.2, 0.25) is 0 Å². The SMILES string of the molecule is CCCCC(=O)OC(COC(=O)CCC)COC(=O)CCCCCCCCCCCCCCCCC(=O)OCC1COC(=O)CCCCCCCCCCCCCCCCC(=O)O1.CCCCCCCCCCCCCCCCCC(=O)OCC1COC(=O)CCCCCCCCCCCCCCCCC(=O)O1.CCC[C-]=O.O=[C-]CCCCCCCCCCCCCCCCC(=O)[O-].[Li+].[Li+].[Li+].[Li+].[OH-].[OH-].[OH-]. The van der Waals surface area contributed by atoms with E-state index >= 15 is 0 Å². The zero-order valence-corrected chi connectivity index (χ0v) is 91.8. The minimum atomic E-state index is -0.919. The van der Waals surface area contributed by atoms with Crippen LogP contribution in [0.15, 0.2) is 0 Å². The molecule has 3 N–H and O–H groups in total. The molecule has 0 radical (unpaired) electrons. The van der Waals surface area contributed by atoms with Gasteiger partial charge in [-0.2, -0.15) is 12.8 Å². The van der Waals surface area contributed by atoms with Gasteiger partial charge in [-0.05, 0) is 70.6 Å². The van der Waals surface area contributed by atoms with E-state index in [1.54, 1.807) is 6.29 Å². The van der Waals surface area contributed by atoms with E-state index in [9.17, 15) is 62.6 Å². The van der Waals surface area contributed by atoms with Crippen LogP contribution in [0.3, 0.4) is 0 Å². The molecule has 0 spiro atoms. The molecule has 0 aromatic rings. The number of cyclic esters (lactones) is 4. The predicted molar refractivity (Wildman–Crippen MR) is 542 cm³/mol. The van der Waals surface area contributed by atoms with Crippen LogP contribution >= 0.6 is 0 Å². The van der Waals surface area contributed by atoms with Gasteiger partial charge in [-0.3, -0.25) is 55.7 Å². The summed E-state index contributed by atoms with van der Waals surface area (Å²) in [6.45, 7) is 7.55. The van der Waals surface area contributed by atoms with E-state index in [0.717, 1.165) is 186 Å². The summed E-state index contributed by atoms with van der Waals surface area (Å²) in [5.74, 6) is -3.80. The van der Waals surface area contributed by atoms with Crippen LogP contribution in [-0.2, 0) is 100 Å². The van der Waals surface area contributed by atoms with Gasteiger partial charge in [0.05, 0.1) is 0 Å². The molecule has 0 aromatic carbocycles. The monoisotopic (exact) mass is 1980 g/mol. The third-order valence-corrected chi connectivity index (χ3v) is 24.9. The van der Waals surface area contributed by atoms with E-state index in [0.29, 0.717) is 70.6 Å². The molecule has 2 aliphatic rings. The number of rotatable bonds is 66. The topological polar surface area (TPSA) is 401 Å². The van der Waals surface area contributed by atoms with Crippen molar-refractivity contribution in [1.82, 2.24) is 0 Å². The maximum absolute atomic E-state index is 12.6. The van der Waals surface area contributed by atoms with Gasteiger partial charge in [-0.25, -0.2) is 0 Å². The Hall–Kier alpha value is -3.69. The van der Waals surface area contributed by atoms with Gasteiger partial charge in [0.1, 0.15) is 39.6 Å². The van der Waals surface area contributed by atoms with Crippen molar-refractivity contribution in [2.75, 3.05) is 39.6 Å².